The predicted octanol–water partition coefficient (Wildman–Crippen LogP) is 2.65. The number of hydrogen-bond donors (Lipinski definition) is 1. The van der Waals surface area contributed by atoms with Gasteiger partial charge >= 0.3 is 0 Å². The minimum absolute atomic E-state index is 0.160. The molecule has 1 aromatic carbocycles. The molecule has 0 aliphatic rings. The molecule has 0 amide bonds. The highest BCUT2D eigenvalue weighted by atomic mass is 19.2. The average Bonchev–Trinajstić information content (AvgIpc) is 2.43. The summed E-state index contributed by atoms with van der Waals surface area (Å²) in [5.41, 5.74) is -1.46. The summed E-state index contributed by atoms with van der Waals surface area (Å²) in [5.74, 6) is -4.96. The summed E-state index contributed by atoms with van der Waals surface area (Å²) < 4.78 is 45.6. The number of halogens is 3. The van der Waals surface area contributed by atoms with Crippen LogP contribution in [0.15, 0.2) is 16.9 Å². The number of nitrogens with one attached hydrogen (secondary N) is 1. The van der Waals surface area contributed by atoms with Crippen molar-refractivity contribution in [3.05, 3.63) is 51.2 Å². The van der Waals surface area contributed by atoms with Gasteiger partial charge in [-0.25, -0.2) is 13.2 Å². The minimum Gasteiger partial charge on any atom is -0.496 e. The Balaban J connectivity index is 2.95. The van der Waals surface area contributed by atoms with Crippen LogP contribution < -0.4 is 10.3 Å². The molecule has 0 saturated heterocycles. The van der Waals surface area contributed by atoms with E-state index in [9.17, 15) is 18.0 Å². The topological polar surface area (TPSA) is 65.9 Å². The van der Waals surface area contributed by atoms with Gasteiger partial charge in [0.1, 0.15) is 17.4 Å². The highest BCUT2D eigenvalue weighted by molar-refractivity contribution is 5.76. The molecule has 0 aliphatic heterocycles. The van der Waals surface area contributed by atoms with Crippen LogP contribution in [-0.4, -0.2) is 12.1 Å². The van der Waals surface area contributed by atoms with Gasteiger partial charge in [0.25, 0.3) is 5.56 Å². The number of aromatic amines is 1. The first kappa shape index (κ1) is 14.7. The van der Waals surface area contributed by atoms with Crippen molar-refractivity contribution in [2.75, 3.05) is 7.11 Å². The molecule has 0 spiro atoms. The number of benzene rings is 1. The number of methoxy groups -OCH3 is 1. The number of ether oxygens (including phenoxy) is 1. The molecule has 0 fully saturated rings. The Kier molecular flexibility index (Phi) is 3.72. The van der Waals surface area contributed by atoms with E-state index in [1.54, 1.807) is 6.07 Å². The molecule has 108 valence electrons. The molecule has 0 aliphatic carbocycles. The first-order valence-electron chi connectivity index (χ1n) is 5.76. The Bertz CT molecular complexity index is 822. The van der Waals surface area contributed by atoms with Crippen molar-refractivity contribution >= 4 is 0 Å². The van der Waals surface area contributed by atoms with E-state index in [4.69, 9.17) is 10.00 Å². The van der Waals surface area contributed by atoms with Crippen LogP contribution in [-0.2, 0) is 0 Å². The first-order valence-corrected chi connectivity index (χ1v) is 5.76. The van der Waals surface area contributed by atoms with Crippen LogP contribution in [0.3, 0.4) is 0 Å². The molecule has 4 nitrogen and oxygen atoms in total. The molecule has 1 heterocycles. The van der Waals surface area contributed by atoms with Crippen molar-refractivity contribution < 1.29 is 17.9 Å². The van der Waals surface area contributed by atoms with E-state index in [0.717, 1.165) is 7.11 Å². The number of nitrogens with zero attached hydrogens (tertiary/aromatic N) is 1. The van der Waals surface area contributed by atoms with Crippen LogP contribution >= 0.6 is 0 Å². The quantitative estimate of drug-likeness (QED) is 0.866. The van der Waals surface area contributed by atoms with Gasteiger partial charge in [0.05, 0.1) is 12.7 Å². The molecule has 2 aromatic rings. The SMILES string of the molecule is COc1cc(F)c(F)c(F)c1-c1cc(C)[nH]c(=O)c1C#N. The van der Waals surface area contributed by atoms with E-state index < -0.39 is 34.1 Å². The first-order chi connectivity index (χ1) is 9.90. The maximum Gasteiger partial charge on any atom is 0.266 e. The molecule has 0 unspecified atom stereocenters. The number of hydrogen-bond acceptors (Lipinski definition) is 3. The Morgan fingerprint density at radius 2 is 1.90 bits per heavy atom. The predicted molar refractivity (Wildman–Crippen MR) is 68.4 cm³/mol. The van der Waals surface area contributed by atoms with Crippen molar-refractivity contribution in [3.8, 4) is 22.9 Å². The monoisotopic (exact) mass is 294 g/mol. The van der Waals surface area contributed by atoms with Gasteiger partial charge in [-0.1, -0.05) is 0 Å². The van der Waals surface area contributed by atoms with Crippen molar-refractivity contribution in [2.45, 2.75) is 6.92 Å². The lowest BCUT2D eigenvalue weighted by atomic mass is 9.99. The summed E-state index contributed by atoms with van der Waals surface area (Å²) in [6, 6.07) is 3.57. The van der Waals surface area contributed by atoms with Crippen molar-refractivity contribution in [3.63, 3.8) is 0 Å². The fourth-order valence-electron chi connectivity index (χ4n) is 1.98. The molecular weight excluding hydrogens is 285 g/mol. The summed E-state index contributed by atoms with van der Waals surface area (Å²) in [7, 11) is 1.14. The Morgan fingerprint density at radius 1 is 1.24 bits per heavy atom. The van der Waals surface area contributed by atoms with Gasteiger partial charge in [0.2, 0.25) is 0 Å². The summed E-state index contributed by atoms with van der Waals surface area (Å²) in [5, 5.41) is 9.03. The van der Waals surface area contributed by atoms with Crippen LogP contribution in [0.1, 0.15) is 11.3 Å². The Morgan fingerprint density at radius 3 is 2.48 bits per heavy atom. The second-order valence-corrected chi connectivity index (χ2v) is 4.25. The summed E-state index contributed by atoms with van der Waals surface area (Å²) >= 11 is 0. The minimum atomic E-state index is -1.70. The normalized spacial score (nSPS) is 10.3. The van der Waals surface area contributed by atoms with E-state index in [2.05, 4.69) is 4.98 Å². The lowest BCUT2D eigenvalue weighted by molar-refractivity contribution is 0.394. The van der Waals surface area contributed by atoms with Gasteiger partial charge in [0, 0.05) is 17.3 Å². The maximum atomic E-state index is 14.1. The fraction of sp³-hybridized carbons (Fsp3) is 0.143. The second kappa shape index (κ2) is 5.32. The van der Waals surface area contributed by atoms with Crippen LogP contribution in [0.2, 0.25) is 0 Å². The lowest BCUT2D eigenvalue weighted by Gasteiger charge is -2.12. The second-order valence-electron chi connectivity index (χ2n) is 4.25. The largest absolute Gasteiger partial charge is 0.496 e. The van der Waals surface area contributed by atoms with E-state index in [1.165, 1.54) is 13.0 Å². The van der Waals surface area contributed by atoms with Gasteiger partial charge in [-0.2, -0.15) is 5.26 Å². The van der Waals surface area contributed by atoms with Gasteiger partial charge in [-0.15, -0.1) is 0 Å². The number of aromatic nitrogens is 1. The van der Waals surface area contributed by atoms with Crippen LogP contribution in [0, 0.1) is 35.7 Å². The zero-order valence-corrected chi connectivity index (χ0v) is 11.1. The molecule has 7 heteroatoms. The van der Waals surface area contributed by atoms with Crippen molar-refractivity contribution in [1.82, 2.24) is 4.98 Å². The fourth-order valence-corrected chi connectivity index (χ4v) is 1.98. The van der Waals surface area contributed by atoms with Gasteiger partial charge in [0.15, 0.2) is 17.5 Å². The lowest BCUT2D eigenvalue weighted by Crippen LogP contribution is -2.13. The molecule has 0 saturated carbocycles. The number of pyridine rings is 1. The molecule has 0 bridgehead atoms. The summed E-state index contributed by atoms with van der Waals surface area (Å²) in [6.45, 7) is 1.51. The zero-order valence-electron chi connectivity index (χ0n) is 11.1. The molecule has 2 rings (SSSR count). The third-order valence-corrected chi connectivity index (χ3v) is 2.90. The smallest absolute Gasteiger partial charge is 0.266 e. The summed E-state index contributed by atoms with van der Waals surface area (Å²) in [4.78, 5) is 14.1. The number of H-pyrrole nitrogens is 1. The molecule has 1 aromatic heterocycles. The molecule has 1 N–H and O–H groups in total. The Labute approximate surface area is 117 Å². The third kappa shape index (κ3) is 2.36. The number of aryl methyl sites for hydroxylation is 1. The zero-order chi connectivity index (χ0) is 15.7. The maximum absolute atomic E-state index is 14.1. The van der Waals surface area contributed by atoms with Crippen LogP contribution in [0.25, 0.3) is 11.1 Å². The molecule has 0 atom stereocenters. The number of nitriles is 1. The van der Waals surface area contributed by atoms with E-state index in [1.807, 2.05) is 0 Å². The van der Waals surface area contributed by atoms with Crippen LogP contribution in [0.5, 0.6) is 5.75 Å². The number of rotatable bonds is 2. The van der Waals surface area contributed by atoms with Crippen molar-refractivity contribution in [2.24, 2.45) is 0 Å². The average molecular weight is 294 g/mol. The van der Waals surface area contributed by atoms with Gasteiger partial charge in [-0.3, -0.25) is 4.79 Å². The van der Waals surface area contributed by atoms with Gasteiger partial charge < -0.3 is 9.72 Å². The summed E-state index contributed by atoms with van der Waals surface area (Å²) in [6.07, 6.45) is 0. The Hall–Kier alpha value is -2.75. The highest BCUT2D eigenvalue weighted by Gasteiger charge is 2.24. The highest BCUT2D eigenvalue weighted by Crippen LogP contribution is 2.36. The van der Waals surface area contributed by atoms with E-state index >= 15 is 0 Å². The van der Waals surface area contributed by atoms with Gasteiger partial charge in [-0.05, 0) is 13.0 Å². The third-order valence-electron chi connectivity index (χ3n) is 2.90. The van der Waals surface area contributed by atoms with Crippen LogP contribution in [0.4, 0.5) is 13.2 Å². The van der Waals surface area contributed by atoms with E-state index in [0.29, 0.717) is 11.8 Å². The molecule has 21 heavy (non-hydrogen) atoms. The standard InChI is InChI=1S/C14H9F3N2O2/c1-6-3-7(8(5-18)14(20)19-6)11-10(21-2)4-9(15)12(16)13(11)17/h3-4H,1-2H3,(H,19,20). The van der Waals surface area contributed by atoms with E-state index in [-0.39, 0.29) is 11.3 Å². The molecular formula is C14H9F3N2O2. The molecule has 0 radical (unpaired) electrons. The van der Waals surface area contributed by atoms with Crippen molar-refractivity contribution in [1.29, 1.82) is 5.26 Å².